The molecule has 1 aliphatic carbocycles. The van der Waals surface area contributed by atoms with Gasteiger partial charge in [-0.1, -0.05) is 19.0 Å². The molecule has 0 radical (unpaired) electrons. The van der Waals surface area contributed by atoms with E-state index in [1.807, 2.05) is 26.8 Å². The molecule has 0 aliphatic heterocycles. The van der Waals surface area contributed by atoms with Gasteiger partial charge in [0, 0.05) is 12.0 Å². The van der Waals surface area contributed by atoms with Crippen molar-refractivity contribution in [2.75, 3.05) is 0 Å². The molecule has 2 rings (SSSR count). The summed E-state index contributed by atoms with van der Waals surface area (Å²) in [5.74, 6) is 1.65. The summed E-state index contributed by atoms with van der Waals surface area (Å²) in [4.78, 5) is 0. The average molecular weight is 153 g/mol. The molecule has 0 bridgehead atoms. The van der Waals surface area contributed by atoms with Crippen molar-refractivity contribution in [3.05, 3.63) is 17.5 Å². The Labute approximate surface area is 67.6 Å². The van der Waals surface area contributed by atoms with Crippen LogP contribution in [0.1, 0.15) is 44.1 Å². The summed E-state index contributed by atoms with van der Waals surface area (Å²) in [7, 11) is 0. The average Bonchev–Trinajstić information content (AvgIpc) is 2.80. The molecule has 1 aliphatic rings. The molecule has 1 aromatic rings. The van der Waals surface area contributed by atoms with Crippen LogP contribution < -0.4 is 0 Å². The Bertz CT molecular complexity index is 213. The summed E-state index contributed by atoms with van der Waals surface area (Å²) in [6.45, 7) is 5.93. The summed E-state index contributed by atoms with van der Waals surface area (Å²) < 4.78 is 4.92. The lowest BCUT2D eigenvalue weighted by molar-refractivity contribution is 0.390. The first-order chi connectivity index (χ1) is 5.36. The first-order valence-electron chi connectivity index (χ1n) is 4.29. The first-order valence-corrected chi connectivity index (χ1v) is 4.29. The predicted molar refractivity (Wildman–Crippen MR) is 44.6 cm³/mol. The van der Waals surface area contributed by atoms with E-state index < -0.39 is 0 Å². The van der Waals surface area contributed by atoms with Gasteiger partial charge in [-0.3, -0.25) is 0 Å². The Morgan fingerprint density at radius 1 is 1.45 bits per heavy atom. The van der Waals surface area contributed by atoms with Gasteiger partial charge in [0.1, 0.15) is 5.76 Å². The highest BCUT2D eigenvalue weighted by atomic mass is 16.5. The predicted octanol–water partition coefficient (Wildman–Crippen LogP) is 2.89. The van der Waals surface area contributed by atoms with Gasteiger partial charge < -0.3 is 4.52 Å². The van der Waals surface area contributed by atoms with Crippen LogP contribution in [0.25, 0.3) is 0 Å². The number of hydrogen-bond donors (Lipinski definition) is 0. The third kappa shape index (κ3) is 2.07. The zero-order chi connectivity index (χ0) is 8.27. The van der Waals surface area contributed by atoms with Gasteiger partial charge in [0.25, 0.3) is 0 Å². The van der Waals surface area contributed by atoms with Crippen LogP contribution >= 0.6 is 0 Å². The van der Waals surface area contributed by atoms with Gasteiger partial charge in [0.15, 0.2) is 0 Å². The highest BCUT2D eigenvalue weighted by Crippen LogP contribution is 2.39. The Morgan fingerprint density at radius 3 is 2.45 bits per heavy atom. The lowest BCUT2D eigenvalue weighted by atomic mass is 10.3. The van der Waals surface area contributed by atoms with Crippen molar-refractivity contribution in [3.63, 3.8) is 0 Å². The summed E-state index contributed by atoms with van der Waals surface area (Å²) in [5, 5.41) is 3.90. The van der Waals surface area contributed by atoms with E-state index >= 15 is 0 Å². The molecule has 62 valence electrons. The van der Waals surface area contributed by atoms with Crippen LogP contribution in [0, 0.1) is 6.92 Å². The molecular formula is C9H15NO. The SMILES string of the molecule is CC.Cc1cc(C2CC2)no1. The van der Waals surface area contributed by atoms with Gasteiger partial charge in [-0.2, -0.15) is 0 Å². The fraction of sp³-hybridized carbons (Fsp3) is 0.667. The molecule has 2 heteroatoms. The van der Waals surface area contributed by atoms with Crippen molar-refractivity contribution in [1.29, 1.82) is 0 Å². The molecule has 0 spiro atoms. The van der Waals surface area contributed by atoms with Crippen molar-refractivity contribution in [1.82, 2.24) is 5.16 Å². The molecule has 0 aromatic carbocycles. The van der Waals surface area contributed by atoms with Gasteiger partial charge >= 0.3 is 0 Å². The fourth-order valence-electron chi connectivity index (χ4n) is 0.957. The molecule has 2 nitrogen and oxygen atoms in total. The van der Waals surface area contributed by atoms with E-state index in [4.69, 9.17) is 4.52 Å². The molecule has 0 saturated heterocycles. The van der Waals surface area contributed by atoms with Crippen molar-refractivity contribution < 1.29 is 4.52 Å². The van der Waals surface area contributed by atoms with E-state index in [0.29, 0.717) is 0 Å². The zero-order valence-electron chi connectivity index (χ0n) is 7.42. The third-order valence-corrected chi connectivity index (χ3v) is 1.64. The molecule has 0 atom stereocenters. The van der Waals surface area contributed by atoms with Gasteiger partial charge in [0.05, 0.1) is 5.69 Å². The van der Waals surface area contributed by atoms with Gasteiger partial charge in [-0.05, 0) is 19.8 Å². The molecule has 0 unspecified atom stereocenters. The Hall–Kier alpha value is -0.790. The summed E-state index contributed by atoms with van der Waals surface area (Å²) in [6, 6.07) is 2.03. The van der Waals surface area contributed by atoms with Crippen molar-refractivity contribution >= 4 is 0 Å². The van der Waals surface area contributed by atoms with Crippen LogP contribution in [0.4, 0.5) is 0 Å². The molecular weight excluding hydrogens is 138 g/mol. The maximum atomic E-state index is 4.92. The second-order valence-corrected chi connectivity index (χ2v) is 2.64. The van der Waals surface area contributed by atoms with Crippen LogP contribution in [-0.2, 0) is 0 Å². The van der Waals surface area contributed by atoms with Crippen LogP contribution in [0.15, 0.2) is 10.6 Å². The normalized spacial score (nSPS) is 15.5. The maximum absolute atomic E-state index is 4.92. The Morgan fingerprint density at radius 2 is 2.09 bits per heavy atom. The van der Waals surface area contributed by atoms with E-state index in [-0.39, 0.29) is 0 Å². The van der Waals surface area contributed by atoms with E-state index in [1.54, 1.807) is 0 Å². The molecule has 1 saturated carbocycles. The molecule has 11 heavy (non-hydrogen) atoms. The largest absolute Gasteiger partial charge is 0.361 e. The first kappa shape index (κ1) is 8.31. The van der Waals surface area contributed by atoms with E-state index in [9.17, 15) is 0 Å². The number of rotatable bonds is 1. The summed E-state index contributed by atoms with van der Waals surface area (Å²) in [5.41, 5.74) is 1.15. The second-order valence-electron chi connectivity index (χ2n) is 2.64. The summed E-state index contributed by atoms with van der Waals surface area (Å²) in [6.07, 6.45) is 2.60. The van der Waals surface area contributed by atoms with E-state index in [1.165, 1.54) is 12.8 Å². The smallest absolute Gasteiger partial charge is 0.133 e. The van der Waals surface area contributed by atoms with E-state index in [2.05, 4.69) is 5.16 Å². The molecule has 1 fully saturated rings. The van der Waals surface area contributed by atoms with Gasteiger partial charge in [-0.15, -0.1) is 0 Å². The highest BCUT2D eigenvalue weighted by molar-refractivity contribution is 5.14. The van der Waals surface area contributed by atoms with Crippen molar-refractivity contribution in [3.8, 4) is 0 Å². The number of aryl methyl sites for hydroxylation is 1. The quantitative estimate of drug-likeness (QED) is 0.620. The minimum atomic E-state index is 0.724. The van der Waals surface area contributed by atoms with Crippen molar-refractivity contribution in [2.24, 2.45) is 0 Å². The number of hydrogen-bond acceptors (Lipinski definition) is 2. The van der Waals surface area contributed by atoms with Gasteiger partial charge in [-0.25, -0.2) is 0 Å². The lowest BCUT2D eigenvalue weighted by Crippen LogP contribution is -1.73. The van der Waals surface area contributed by atoms with Crippen LogP contribution in [0.5, 0.6) is 0 Å². The second kappa shape index (κ2) is 3.56. The molecule has 0 amide bonds. The Balaban J connectivity index is 0.000000281. The minimum absolute atomic E-state index is 0.724. The standard InChI is InChI=1S/C7H9NO.C2H6/c1-5-4-7(8-9-5)6-2-3-6;1-2/h4,6H,2-3H2,1H3;1-2H3. The zero-order valence-corrected chi connectivity index (χ0v) is 7.42. The minimum Gasteiger partial charge on any atom is -0.361 e. The number of aromatic nitrogens is 1. The third-order valence-electron chi connectivity index (χ3n) is 1.64. The Kier molecular flexibility index (Phi) is 2.69. The van der Waals surface area contributed by atoms with Gasteiger partial charge in [0.2, 0.25) is 0 Å². The topological polar surface area (TPSA) is 26.0 Å². The van der Waals surface area contributed by atoms with Crippen molar-refractivity contribution in [2.45, 2.75) is 39.5 Å². The monoisotopic (exact) mass is 153 g/mol. The van der Waals surface area contributed by atoms with E-state index in [0.717, 1.165) is 17.4 Å². The highest BCUT2D eigenvalue weighted by Gasteiger charge is 2.26. The lowest BCUT2D eigenvalue weighted by Gasteiger charge is -1.78. The molecule has 0 N–H and O–H groups in total. The fourth-order valence-corrected chi connectivity index (χ4v) is 0.957. The maximum Gasteiger partial charge on any atom is 0.133 e. The molecule has 1 heterocycles. The van der Waals surface area contributed by atoms with Crippen LogP contribution in [0.2, 0.25) is 0 Å². The molecule has 1 aromatic heterocycles. The van der Waals surface area contributed by atoms with Crippen LogP contribution in [0.3, 0.4) is 0 Å². The van der Waals surface area contributed by atoms with Crippen LogP contribution in [-0.4, -0.2) is 5.16 Å². The number of nitrogens with zero attached hydrogens (tertiary/aromatic N) is 1. The summed E-state index contributed by atoms with van der Waals surface area (Å²) >= 11 is 0.